The van der Waals surface area contributed by atoms with Crippen LogP contribution in [0, 0.1) is 0 Å². The summed E-state index contributed by atoms with van der Waals surface area (Å²) in [6.45, 7) is 2.20. The molecule has 174 valence electrons. The number of benzene rings is 2. The van der Waals surface area contributed by atoms with Crippen molar-refractivity contribution in [1.29, 1.82) is 0 Å². The maximum atomic E-state index is 6.26. The van der Waals surface area contributed by atoms with Gasteiger partial charge in [-0.15, -0.1) is 0 Å². The first kappa shape index (κ1) is 22.0. The quantitative estimate of drug-likeness (QED) is 0.405. The highest BCUT2D eigenvalue weighted by Gasteiger charge is 2.15. The largest absolute Gasteiger partial charge is 0.490 e. The second-order valence-electron chi connectivity index (χ2n) is 8.43. The Bertz CT molecular complexity index is 1260. The maximum Gasteiger partial charge on any atom is 0.230 e. The number of H-pyrrole nitrogens is 1. The van der Waals surface area contributed by atoms with E-state index >= 15 is 0 Å². The van der Waals surface area contributed by atoms with E-state index in [0.717, 1.165) is 67.9 Å². The van der Waals surface area contributed by atoms with Gasteiger partial charge in [-0.1, -0.05) is 36.8 Å². The highest BCUT2D eigenvalue weighted by Crippen LogP contribution is 2.32. The zero-order valence-corrected chi connectivity index (χ0v) is 19.3. The number of rotatable bonds is 3. The van der Waals surface area contributed by atoms with E-state index in [2.05, 4.69) is 45.7 Å². The van der Waals surface area contributed by atoms with Crippen LogP contribution in [0.25, 0.3) is 10.9 Å². The minimum Gasteiger partial charge on any atom is -0.490 e. The Morgan fingerprint density at radius 1 is 0.882 bits per heavy atom. The van der Waals surface area contributed by atoms with Gasteiger partial charge in [0.2, 0.25) is 5.88 Å². The van der Waals surface area contributed by atoms with E-state index in [0.29, 0.717) is 18.2 Å². The molecule has 0 fully saturated rings. The summed E-state index contributed by atoms with van der Waals surface area (Å²) < 4.78 is 12.3. The average Bonchev–Trinajstić information content (AvgIpc) is 3.28. The second-order valence-corrected chi connectivity index (χ2v) is 8.43. The Labute approximate surface area is 200 Å². The Kier molecular flexibility index (Phi) is 7.04. The maximum absolute atomic E-state index is 6.26. The van der Waals surface area contributed by atoms with Gasteiger partial charge in [0.15, 0.2) is 11.5 Å². The van der Waals surface area contributed by atoms with E-state index in [4.69, 9.17) is 14.5 Å². The zero-order valence-electron chi connectivity index (χ0n) is 19.3. The molecule has 0 atom stereocenters. The molecule has 2 aromatic carbocycles. The molecule has 2 N–H and O–H groups in total. The van der Waals surface area contributed by atoms with Crippen LogP contribution in [0.15, 0.2) is 78.0 Å². The smallest absolute Gasteiger partial charge is 0.230 e. The lowest BCUT2D eigenvalue weighted by molar-refractivity contribution is 0.290. The molecule has 0 unspecified atom stereocenters. The van der Waals surface area contributed by atoms with Gasteiger partial charge in [0.05, 0.1) is 12.2 Å². The van der Waals surface area contributed by atoms with Crippen molar-refractivity contribution in [2.75, 3.05) is 19.7 Å². The van der Waals surface area contributed by atoms with Gasteiger partial charge in [-0.05, 0) is 61.6 Å². The van der Waals surface area contributed by atoms with E-state index in [9.17, 15) is 0 Å². The summed E-state index contributed by atoms with van der Waals surface area (Å²) in [6.07, 6.45) is 9.04. The summed E-state index contributed by atoms with van der Waals surface area (Å²) in [5.74, 6) is 2.74. The van der Waals surface area contributed by atoms with Crippen molar-refractivity contribution in [3.63, 3.8) is 0 Å². The molecule has 2 aromatic heterocycles. The van der Waals surface area contributed by atoms with Gasteiger partial charge >= 0.3 is 0 Å². The van der Waals surface area contributed by atoms with Gasteiger partial charge in [-0.2, -0.15) is 0 Å². The highest BCUT2D eigenvalue weighted by atomic mass is 16.5. The van der Waals surface area contributed by atoms with Crippen molar-refractivity contribution in [3.8, 4) is 17.4 Å². The molecule has 34 heavy (non-hydrogen) atoms. The minimum atomic E-state index is 0.522. The summed E-state index contributed by atoms with van der Waals surface area (Å²) in [6, 6.07) is 20.1. The molecule has 0 saturated carbocycles. The molecular weight excluding hydrogens is 424 g/mol. The molecule has 1 aliphatic heterocycles. The molecule has 5 rings (SSSR count). The van der Waals surface area contributed by atoms with Gasteiger partial charge < -0.3 is 19.8 Å². The standard InChI is InChI=1S/C28H30N4O2/c1-2-8-19-33-25-13-5-6-14-26(25)34-28-23(11-9-17-31-28)27(29-16-7-1)30-18-15-21-20-32-24-12-4-3-10-22(21)24/h3-6,9-14,17,20,32H,1-2,7-8,15-16,18-19H2,(H,29,30). The molecule has 0 aliphatic carbocycles. The number of ether oxygens (including phenoxy) is 2. The first-order chi connectivity index (χ1) is 16.9. The fourth-order valence-corrected chi connectivity index (χ4v) is 4.24. The monoisotopic (exact) mass is 454 g/mol. The van der Waals surface area contributed by atoms with Gasteiger partial charge in [0.1, 0.15) is 5.84 Å². The number of aromatic amines is 1. The Balaban J connectivity index is 1.39. The number of aromatic nitrogens is 2. The molecule has 4 aromatic rings. The van der Waals surface area contributed by atoms with Crippen LogP contribution in [0.5, 0.6) is 17.4 Å². The first-order valence-corrected chi connectivity index (χ1v) is 12.1. The number of pyridine rings is 1. The van der Waals surface area contributed by atoms with Crippen LogP contribution >= 0.6 is 0 Å². The molecular formula is C28H30N4O2. The molecule has 3 heterocycles. The molecule has 0 bridgehead atoms. The topological polar surface area (TPSA) is 71.5 Å². The normalized spacial score (nSPS) is 14.6. The number of nitrogens with zero attached hydrogens (tertiary/aromatic N) is 2. The lowest BCUT2D eigenvalue weighted by atomic mass is 10.1. The van der Waals surface area contributed by atoms with Crippen molar-refractivity contribution < 1.29 is 9.47 Å². The van der Waals surface area contributed by atoms with E-state index in [1.807, 2.05) is 36.4 Å². The van der Waals surface area contributed by atoms with Crippen LogP contribution in [-0.2, 0) is 6.42 Å². The van der Waals surface area contributed by atoms with Crippen molar-refractivity contribution >= 4 is 16.7 Å². The third kappa shape index (κ3) is 5.22. The Hall–Kier alpha value is -3.80. The lowest BCUT2D eigenvalue weighted by Crippen LogP contribution is -2.28. The number of nitrogens with one attached hydrogen (secondary N) is 2. The van der Waals surface area contributed by atoms with Crippen LogP contribution in [0.3, 0.4) is 0 Å². The highest BCUT2D eigenvalue weighted by molar-refractivity contribution is 6.00. The van der Waals surface area contributed by atoms with Crippen molar-refractivity contribution in [2.45, 2.75) is 32.1 Å². The fraction of sp³-hybridized carbons (Fsp3) is 0.286. The van der Waals surface area contributed by atoms with Crippen LogP contribution in [0.4, 0.5) is 0 Å². The van der Waals surface area contributed by atoms with Crippen LogP contribution < -0.4 is 14.8 Å². The van der Waals surface area contributed by atoms with E-state index in [1.54, 1.807) is 6.20 Å². The molecule has 0 spiro atoms. The third-order valence-corrected chi connectivity index (χ3v) is 6.02. The van der Waals surface area contributed by atoms with Crippen LogP contribution in [-0.4, -0.2) is 35.5 Å². The van der Waals surface area contributed by atoms with Crippen molar-refractivity contribution in [3.05, 3.63) is 84.2 Å². The predicted octanol–water partition coefficient (Wildman–Crippen LogP) is 5.89. The van der Waals surface area contributed by atoms with Gasteiger partial charge in [0.25, 0.3) is 0 Å². The van der Waals surface area contributed by atoms with Gasteiger partial charge in [-0.25, -0.2) is 4.98 Å². The van der Waals surface area contributed by atoms with Crippen molar-refractivity contribution in [1.82, 2.24) is 15.3 Å². The van der Waals surface area contributed by atoms with Crippen LogP contribution in [0.1, 0.15) is 36.8 Å². The van der Waals surface area contributed by atoms with Gasteiger partial charge in [0, 0.05) is 36.4 Å². The molecule has 6 heteroatoms. The van der Waals surface area contributed by atoms with E-state index in [-0.39, 0.29) is 0 Å². The molecule has 0 amide bonds. The van der Waals surface area contributed by atoms with E-state index in [1.165, 1.54) is 10.9 Å². The summed E-state index contributed by atoms with van der Waals surface area (Å²) >= 11 is 0. The van der Waals surface area contributed by atoms with Crippen LogP contribution in [0.2, 0.25) is 0 Å². The van der Waals surface area contributed by atoms with Crippen molar-refractivity contribution in [2.24, 2.45) is 4.99 Å². The summed E-state index contributed by atoms with van der Waals surface area (Å²) in [4.78, 5) is 12.8. The number of para-hydroxylation sites is 3. The van der Waals surface area contributed by atoms with Gasteiger partial charge in [-0.3, -0.25) is 4.99 Å². The molecule has 6 nitrogen and oxygen atoms in total. The number of hydrogen-bond acceptors (Lipinski definition) is 5. The average molecular weight is 455 g/mol. The summed E-state index contributed by atoms with van der Waals surface area (Å²) in [5.41, 5.74) is 3.31. The zero-order chi connectivity index (χ0) is 23.0. The SMILES string of the molecule is c1ccc2c(c1)OCCCCCCN=C(NCCc1c[nH]c3ccccc13)c1cccnc1O2. The number of aliphatic imine (C=N–C) groups is 1. The number of amidine groups is 1. The molecule has 1 aliphatic rings. The minimum absolute atomic E-state index is 0.522. The summed E-state index contributed by atoms with van der Waals surface area (Å²) in [7, 11) is 0. The lowest BCUT2D eigenvalue weighted by Gasteiger charge is -2.16. The van der Waals surface area contributed by atoms with E-state index < -0.39 is 0 Å². The predicted molar refractivity (Wildman–Crippen MR) is 136 cm³/mol. The molecule has 0 saturated heterocycles. The first-order valence-electron chi connectivity index (χ1n) is 12.1. The fourth-order valence-electron chi connectivity index (χ4n) is 4.24. The third-order valence-electron chi connectivity index (χ3n) is 6.02. The molecule has 0 radical (unpaired) electrons. The summed E-state index contributed by atoms with van der Waals surface area (Å²) in [5, 5.41) is 4.83. The number of fused-ring (bicyclic) bond motifs is 3. The Morgan fingerprint density at radius 2 is 1.74 bits per heavy atom. The Morgan fingerprint density at radius 3 is 2.71 bits per heavy atom. The number of hydrogen-bond donors (Lipinski definition) is 2. The second kappa shape index (κ2) is 10.9.